The minimum absolute atomic E-state index is 0.543. The monoisotopic (exact) mass is 331 g/mol. The Morgan fingerprint density at radius 1 is 1.17 bits per heavy atom. The van der Waals surface area contributed by atoms with Crippen LogP contribution in [0.3, 0.4) is 0 Å². The quantitative estimate of drug-likeness (QED) is 0.767. The van der Waals surface area contributed by atoms with Gasteiger partial charge in [-0.05, 0) is 17.7 Å². The summed E-state index contributed by atoms with van der Waals surface area (Å²) in [5.41, 5.74) is 2.37. The molecule has 0 bridgehead atoms. The van der Waals surface area contributed by atoms with Crippen molar-refractivity contribution >= 4 is 28.6 Å². The van der Waals surface area contributed by atoms with E-state index in [1.54, 1.807) is 6.33 Å². The lowest BCUT2D eigenvalue weighted by molar-refractivity contribution is 0.297. The fourth-order valence-electron chi connectivity index (χ4n) is 2.47. The maximum absolute atomic E-state index is 6.30. The smallest absolute Gasteiger partial charge is 0.182 e. The lowest BCUT2D eigenvalue weighted by Gasteiger charge is -2.12. The van der Waals surface area contributed by atoms with E-state index >= 15 is 0 Å². The molecule has 0 amide bonds. The number of ether oxygens (including phenoxy) is 2. The predicted molar refractivity (Wildman–Crippen MR) is 86.1 cm³/mol. The van der Waals surface area contributed by atoms with Crippen LogP contribution >= 0.6 is 11.6 Å². The summed E-state index contributed by atoms with van der Waals surface area (Å²) >= 11 is 6.30. The molecule has 1 aliphatic rings. The first kappa shape index (κ1) is 14.1. The van der Waals surface area contributed by atoms with Crippen LogP contribution in [-0.2, 0) is 6.54 Å². The molecular weight excluding hydrogens is 318 g/mol. The molecule has 3 aromatic rings. The van der Waals surface area contributed by atoms with Gasteiger partial charge in [0.2, 0.25) is 0 Å². The van der Waals surface area contributed by atoms with Crippen molar-refractivity contribution < 1.29 is 9.47 Å². The molecule has 118 valence electrons. The zero-order valence-corrected chi connectivity index (χ0v) is 12.9. The summed E-state index contributed by atoms with van der Waals surface area (Å²) in [6.07, 6.45) is 3.92. The van der Waals surface area contributed by atoms with E-state index in [0.717, 1.165) is 17.5 Å². The highest BCUT2D eigenvalue weighted by Crippen LogP contribution is 2.38. The number of hydrogen-bond acceptors (Lipinski definition) is 6. The number of hydrogen-bond donors (Lipinski definition) is 2. The highest BCUT2D eigenvalue weighted by atomic mass is 35.5. The van der Waals surface area contributed by atoms with E-state index in [0.29, 0.717) is 47.7 Å². The van der Waals surface area contributed by atoms with Gasteiger partial charge < -0.3 is 19.8 Å². The molecule has 3 heterocycles. The van der Waals surface area contributed by atoms with Crippen molar-refractivity contribution in [1.82, 2.24) is 19.9 Å². The Hall–Kier alpha value is -2.54. The van der Waals surface area contributed by atoms with E-state index in [1.165, 1.54) is 6.33 Å². The zero-order chi connectivity index (χ0) is 15.6. The molecule has 0 aliphatic carbocycles. The van der Waals surface area contributed by atoms with Gasteiger partial charge >= 0.3 is 0 Å². The third kappa shape index (κ3) is 2.75. The third-order valence-electron chi connectivity index (χ3n) is 3.54. The fourth-order valence-corrected chi connectivity index (χ4v) is 2.76. The second-order valence-corrected chi connectivity index (χ2v) is 5.54. The van der Waals surface area contributed by atoms with Gasteiger partial charge in [-0.1, -0.05) is 11.6 Å². The van der Waals surface area contributed by atoms with E-state index in [-0.39, 0.29) is 0 Å². The van der Waals surface area contributed by atoms with Gasteiger partial charge in [0.25, 0.3) is 0 Å². The van der Waals surface area contributed by atoms with Crippen molar-refractivity contribution in [2.45, 2.75) is 13.0 Å². The van der Waals surface area contributed by atoms with Gasteiger partial charge in [0, 0.05) is 13.0 Å². The van der Waals surface area contributed by atoms with Crippen LogP contribution in [0.4, 0.5) is 5.82 Å². The summed E-state index contributed by atoms with van der Waals surface area (Å²) in [5, 5.41) is 3.81. The molecule has 0 saturated carbocycles. The van der Waals surface area contributed by atoms with Gasteiger partial charge in [-0.3, -0.25) is 0 Å². The minimum Gasteiger partial charge on any atom is -0.489 e. The molecule has 1 aliphatic heterocycles. The molecule has 0 spiro atoms. The number of H-pyrrole nitrogens is 1. The molecule has 0 saturated heterocycles. The van der Waals surface area contributed by atoms with Gasteiger partial charge in [0.1, 0.15) is 11.8 Å². The van der Waals surface area contributed by atoms with Gasteiger partial charge in [-0.25, -0.2) is 15.0 Å². The molecule has 23 heavy (non-hydrogen) atoms. The van der Waals surface area contributed by atoms with Gasteiger partial charge in [0.15, 0.2) is 23.0 Å². The molecule has 2 aromatic heterocycles. The van der Waals surface area contributed by atoms with Crippen LogP contribution in [-0.4, -0.2) is 33.1 Å². The fraction of sp³-hybridized carbons (Fsp3) is 0.267. The maximum Gasteiger partial charge on any atom is 0.182 e. The molecule has 8 heteroatoms. The Morgan fingerprint density at radius 2 is 2.09 bits per heavy atom. The van der Waals surface area contributed by atoms with E-state index in [2.05, 4.69) is 25.3 Å². The highest BCUT2D eigenvalue weighted by molar-refractivity contribution is 6.32. The molecule has 0 atom stereocenters. The number of nitrogens with zero attached hydrogens (tertiary/aromatic N) is 3. The Kier molecular flexibility index (Phi) is 3.63. The molecular formula is C15H14ClN5O2. The number of nitrogens with one attached hydrogen (secondary N) is 2. The van der Waals surface area contributed by atoms with Crippen molar-refractivity contribution in [3.63, 3.8) is 0 Å². The largest absolute Gasteiger partial charge is 0.489 e. The molecule has 7 nitrogen and oxygen atoms in total. The first-order valence-corrected chi connectivity index (χ1v) is 7.65. The van der Waals surface area contributed by atoms with Crippen LogP contribution in [0, 0.1) is 0 Å². The van der Waals surface area contributed by atoms with Crippen LogP contribution in [0.2, 0.25) is 5.02 Å². The number of anilines is 1. The lowest BCUT2D eigenvalue weighted by atomic mass is 10.2. The first-order chi connectivity index (χ1) is 11.3. The SMILES string of the molecule is Clc1cc(CNc2ncnc3nc[nH]c23)cc2c1OCCCO2. The first-order valence-electron chi connectivity index (χ1n) is 7.27. The van der Waals surface area contributed by atoms with E-state index in [1.807, 2.05) is 12.1 Å². The number of fused-ring (bicyclic) bond motifs is 2. The standard InChI is InChI=1S/C15H14ClN5O2/c16-10-4-9(5-11-13(10)23-3-1-2-22-11)6-17-14-12-15(19-7-18-12)21-8-20-14/h4-5,7-8H,1-3,6H2,(H2,17,18,19,20,21). The minimum atomic E-state index is 0.543. The number of benzene rings is 1. The molecule has 4 rings (SSSR count). The van der Waals surface area contributed by atoms with Crippen LogP contribution in [0.5, 0.6) is 11.5 Å². The van der Waals surface area contributed by atoms with Crippen LogP contribution in [0.25, 0.3) is 11.2 Å². The van der Waals surface area contributed by atoms with Crippen LogP contribution in [0.15, 0.2) is 24.8 Å². The normalized spacial score (nSPS) is 13.8. The van der Waals surface area contributed by atoms with E-state index in [4.69, 9.17) is 21.1 Å². The predicted octanol–water partition coefficient (Wildman–Crippen LogP) is 2.78. The van der Waals surface area contributed by atoms with Gasteiger partial charge in [-0.15, -0.1) is 0 Å². The average molecular weight is 332 g/mol. The number of aromatic nitrogens is 4. The van der Waals surface area contributed by atoms with E-state index < -0.39 is 0 Å². The zero-order valence-electron chi connectivity index (χ0n) is 12.2. The summed E-state index contributed by atoms with van der Waals surface area (Å²) in [7, 11) is 0. The van der Waals surface area contributed by atoms with E-state index in [9.17, 15) is 0 Å². The van der Waals surface area contributed by atoms with Crippen molar-refractivity contribution in [2.24, 2.45) is 0 Å². The number of rotatable bonds is 3. The summed E-state index contributed by atoms with van der Waals surface area (Å²) in [6.45, 7) is 1.78. The summed E-state index contributed by atoms with van der Waals surface area (Å²) < 4.78 is 11.3. The lowest BCUT2D eigenvalue weighted by Crippen LogP contribution is -2.03. The molecule has 0 fully saturated rings. The summed E-state index contributed by atoms with van der Waals surface area (Å²) in [4.78, 5) is 15.5. The number of halogens is 1. The summed E-state index contributed by atoms with van der Waals surface area (Å²) in [5.74, 6) is 1.99. The Labute approximate surface area is 137 Å². The Bertz CT molecular complexity index is 851. The maximum atomic E-state index is 6.30. The second-order valence-electron chi connectivity index (χ2n) is 5.13. The average Bonchev–Trinajstić information content (AvgIpc) is 2.91. The Balaban J connectivity index is 1.58. The van der Waals surface area contributed by atoms with Crippen LogP contribution < -0.4 is 14.8 Å². The van der Waals surface area contributed by atoms with Crippen molar-refractivity contribution in [2.75, 3.05) is 18.5 Å². The van der Waals surface area contributed by atoms with Crippen LogP contribution in [0.1, 0.15) is 12.0 Å². The Morgan fingerprint density at radius 3 is 3.04 bits per heavy atom. The third-order valence-corrected chi connectivity index (χ3v) is 3.83. The van der Waals surface area contributed by atoms with Gasteiger partial charge in [0.05, 0.1) is 24.6 Å². The highest BCUT2D eigenvalue weighted by Gasteiger charge is 2.16. The van der Waals surface area contributed by atoms with Crippen molar-refractivity contribution in [3.8, 4) is 11.5 Å². The van der Waals surface area contributed by atoms with Crippen molar-refractivity contribution in [3.05, 3.63) is 35.4 Å². The number of imidazole rings is 1. The molecule has 2 N–H and O–H groups in total. The summed E-state index contributed by atoms with van der Waals surface area (Å²) in [6, 6.07) is 3.80. The molecule has 0 radical (unpaired) electrons. The molecule has 0 unspecified atom stereocenters. The molecule has 1 aromatic carbocycles. The second kappa shape index (κ2) is 5.92. The number of aromatic amines is 1. The van der Waals surface area contributed by atoms with Crippen molar-refractivity contribution in [1.29, 1.82) is 0 Å². The topological polar surface area (TPSA) is 85.0 Å². The van der Waals surface area contributed by atoms with Gasteiger partial charge in [-0.2, -0.15) is 0 Å².